The number of aromatic nitrogens is 1. The maximum Gasteiger partial charge on any atom is 0.358 e. The highest BCUT2D eigenvalue weighted by atomic mass is 35.5. The molecule has 0 saturated carbocycles. The summed E-state index contributed by atoms with van der Waals surface area (Å²) in [6, 6.07) is 1.65. The fourth-order valence-corrected chi connectivity index (χ4v) is 2.00. The second-order valence-electron chi connectivity index (χ2n) is 4.42. The maximum atomic E-state index is 14.2. The lowest BCUT2D eigenvalue weighted by molar-refractivity contribution is 0.0594. The number of nitrogen functional groups attached to an aromatic ring is 1. The summed E-state index contributed by atoms with van der Waals surface area (Å²) in [5.74, 6) is -3.81. The topological polar surface area (TPSA) is 65.2 Å². The first-order chi connectivity index (χ1) is 10.3. The van der Waals surface area contributed by atoms with Crippen molar-refractivity contribution in [2.24, 2.45) is 0 Å². The van der Waals surface area contributed by atoms with Gasteiger partial charge in [-0.3, -0.25) is 0 Å². The van der Waals surface area contributed by atoms with E-state index in [1.807, 2.05) is 0 Å². The van der Waals surface area contributed by atoms with Crippen molar-refractivity contribution in [1.29, 1.82) is 0 Å². The standard InChI is InChI=1S/C14H10ClF3N2O2/c1-5-3-8(17)6(4-7(5)16)12-10(18)11(19)9(15)13(20-12)14(21)22-2/h3-4H,1-2H3,(H2,19,20). The van der Waals surface area contributed by atoms with E-state index in [4.69, 9.17) is 17.3 Å². The van der Waals surface area contributed by atoms with Crippen molar-refractivity contribution in [3.05, 3.63) is 45.9 Å². The highest BCUT2D eigenvalue weighted by molar-refractivity contribution is 6.35. The number of benzene rings is 1. The number of pyridine rings is 1. The van der Waals surface area contributed by atoms with Gasteiger partial charge in [-0.25, -0.2) is 22.9 Å². The van der Waals surface area contributed by atoms with Gasteiger partial charge in [0.05, 0.1) is 17.8 Å². The molecule has 0 unspecified atom stereocenters. The zero-order valence-corrected chi connectivity index (χ0v) is 12.3. The third-order valence-corrected chi connectivity index (χ3v) is 3.38. The number of carbonyl (C=O) groups excluding carboxylic acids is 1. The Morgan fingerprint density at radius 2 is 1.91 bits per heavy atom. The van der Waals surface area contributed by atoms with Crippen molar-refractivity contribution in [2.75, 3.05) is 12.8 Å². The minimum absolute atomic E-state index is 0.0387. The number of rotatable bonds is 2. The van der Waals surface area contributed by atoms with Crippen molar-refractivity contribution in [2.45, 2.75) is 6.92 Å². The molecule has 1 aromatic carbocycles. The van der Waals surface area contributed by atoms with Crippen LogP contribution in [0.1, 0.15) is 16.1 Å². The fourth-order valence-electron chi connectivity index (χ4n) is 1.80. The maximum absolute atomic E-state index is 14.2. The molecular formula is C14H10ClF3N2O2. The van der Waals surface area contributed by atoms with E-state index < -0.39 is 51.1 Å². The number of esters is 1. The van der Waals surface area contributed by atoms with Gasteiger partial charge >= 0.3 is 5.97 Å². The van der Waals surface area contributed by atoms with Gasteiger partial charge in [-0.1, -0.05) is 11.6 Å². The normalized spacial score (nSPS) is 10.6. The van der Waals surface area contributed by atoms with Crippen molar-refractivity contribution >= 4 is 23.3 Å². The lowest BCUT2D eigenvalue weighted by Crippen LogP contribution is -2.11. The minimum atomic E-state index is -1.15. The molecule has 0 radical (unpaired) electrons. The predicted octanol–water partition coefficient (Wildman–Crippen LogP) is 3.50. The number of hydrogen-bond donors (Lipinski definition) is 1. The summed E-state index contributed by atoms with van der Waals surface area (Å²) in [6.07, 6.45) is 0. The third-order valence-electron chi connectivity index (χ3n) is 2.99. The van der Waals surface area contributed by atoms with Gasteiger partial charge < -0.3 is 10.5 Å². The van der Waals surface area contributed by atoms with Gasteiger partial charge in [0, 0.05) is 5.56 Å². The lowest BCUT2D eigenvalue weighted by atomic mass is 10.1. The largest absolute Gasteiger partial charge is 0.464 e. The van der Waals surface area contributed by atoms with Crippen LogP contribution in [-0.2, 0) is 4.74 Å². The lowest BCUT2D eigenvalue weighted by Gasteiger charge is -2.11. The molecule has 0 aliphatic heterocycles. The molecule has 4 nitrogen and oxygen atoms in total. The predicted molar refractivity (Wildman–Crippen MR) is 75.0 cm³/mol. The highest BCUT2D eigenvalue weighted by Crippen LogP contribution is 2.34. The zero-order valence-electron chi connectivity index (χ0n) is 11.5. The van der Waals surface area contributed by atoms with Crippen LogP contribution in [-0.4, -0.2) is 18.1 Å². The van der Waals surface area contributed by atoms with Crippen LogP contribution in [0, 0.1) is 24.4 Å². The van der Waals surface area contributed by atoms with Crippen LogP contribution in [0.2, 0.25) is 5.02 Å². The van der Waals surface area contributed by atoms with Crippen LogP contribution in [0.5, 0.6) is 0 Å². The molecule has 116 valence electrons. The van der Waals surface area contributed by atoms with E-state index in [0.29, 0.717) is 0 Å². The molecule has 0 spiro atoms. The zero-order chi connectivity index (χ0) is 16.6. The summed E-state index contributed by atoms with van der Waals surface area (Å²) < 4.78 is 46.2. The van der Waals surface area contributed by atoms with Crippen molar-refractivity contribution in [3.8, 4) is 11.3 Å². The number of ether oxygens (including phenoxy) is 1. The smallest absolute Gasteiger partial charge is 0.358 e. The van der Waals surface area contributed by atoms with Gasteiger partial charge in [-0.05, 0) is 24.6 Å². The molecule has 0 atom stereocenters. The van der Waals surface area contributed by atoms with Gasteiger partial charge in [0.25, 0.3) is 0 Å². The molecule has 0 saturated heterocycles. The summed E-state index contributed by atoms with van der Waals surface area (Å²) in [5.41, 5.74) is 3.30. The highest BCUT2D eigenvalue weighted by Gasteiger charge is 2.24. The Hall–Kier alpha value is -2.28. The Labute approximate surface area is 128 Å². The fraction of sp³-hybridized carbons (Fsp3) is 0.143. The van der Waals surface area contributed by atoms with E-state index in [0.717, 1.165) is 19.2 Å². The number of carbonyl (C=O) groups is 1. The van der Waals surface area contributed by atoms with Crippen LogP contribution in [0.3, 0.4) is 0 Å². The van der Waals surface area contributed by atoms with Crippen LogP contribution >= 0.6 is 11.6 Å². The SMILES string of the molecule is COC(=O)c1nc(-c2cc(F)c(C)cc2F)c(F)c(N)c1Cl. The van der Waals surface area contributed by atoms with Crippen LogP contribution in [0.25, 0.3) is 11.3 Å². The Morgan fingerprint density at radius 3 is 2.50 bits per heavy atom. The molecule has 2 aromatic rings. The van der Waals surface area contributed by atoms with Gasteiger partial charge in [-0.15, -0.1) is 0 Å². The van der Waals surface area contributed by atoms with Crippen molar-refractivity contribution in [1.82, 2.24) is 4.98 Å². The van der Waals surface area contributed by atoms with Crippen LogP contribution < -0.4 is 5.73 Å². The average Bonchev–Trinajstić information content (AvgIpc) is 2.48. The van der Waals surface area contributed by atoms with Crippen LogP contribution in [0.4, 0.5) is 18.9 Å². The molecule has 1 heterocycles. The number of aryl methyl sites for hydroxylation is 1. The third kappa shape index (κ3) is 2.59. The van der Waals surface area contributed by atoms with Crippen molar-refractivity contribution in [3.63, 3.8) is 0 Å². The molecule has 0 amide bonds. The number of halogens is 4. The summed E-state index contributed by atoms with van der Waals surface area (Å²) >= 11 is 5.73. The number of anilines is 1. The van der Waals surface area contributed by atoms with E-state index in [2.05, 4.69) is 9.72 Å². The molecule has 0 aliphatic rings. The summed E-state index contributed by atoms with van der Waals surface area (Å²) in [7, 11) is 1.06. The Balaban J connectivity index is 2.79. The minimum Gasteiger partial charge on any atom is -0.464 e. The van der Waals surface area contributed by atoms with E-state index in [-0.39, 0.29) is 5.56 Å². The first kappa shape index (κ1) is 16.1. The summed E-state index contributed by atoms with van der Waals surface area (Å²) in [4.78, 5) is 15.2. The van der Waals surface area contributed by atoms with Gasteiger partial charge in [0.1, 0.15) is 17.3 Å². The monoisotopic (exact) mass is 330 g/mol. The van der Waals surface area contributed by atoms with Crippen LogP contribution in [0.15, 0.2) is 12.1 Å². The first-order valence-electron chi connectivity index (χ1n) is 5.96. The molecule has 0 fully saturated rings. The quantitative estimate of drug-likeness (QED) is 0.856. The molecule has 1 aromatic heterocycles. The average molecular weight is 331 g/mol. The Morgan fingerprint density at radius 1 is 1.27 bits per heavy atom. The second-order valence-corrected chi connectivity index (χ2v) is 4.80. The van der Waals surface area contributed by atoms with E-state index in [1.54, 1.807) is 0 Å². The van der Waals surface area contributed by atoms with Crippen molar-refractivity contribution < 1.29 is 22.7 Å². The van der Waals surface area contributed by atoms with E-state index in [1.165, 1.54) is 6.92 Å². The molecule has 2 N–H and O–H groups in total. The molecule has 22 heavy (non-hydrogen) atoms. The van der Waals surface area contributed by atoms with Gasteiger partial charge in [0.2, 0.25) is 0 Å². The summed E-state index contributed by atoms with van der Waals surface area (Å²) in [6.45, 7) is 1.35. The number of nitrogens with zero attached hydrogens (tertiary/aromatic N) is 1. The molecule has 8 heteroatoms. The summed E-state index contributed by atoms with van der Waals surface area (Å²) in [5, 5.41) is -0.457. The molecular weight excluding hydrogens is 321 g/mol. The van der Waals surface area contributed by atoms with Gasteiger partial charge in [-0.2, -0.15) is 0 Å². The van der Waals surface area contributed by atoms with Gasteiger partial charge in [0.15, 0.2) is 11.5 Å². The van der Waals surface area contributed by atoms with E-state index in [9.17, 15) is 18.0 Å². The molecule has 0 bridgehead atoms. The Bertz CT molecular complexity index is 781. The van der Waals surface area contributed by atoms with E-state index >= 15 is 0 Å². The number of nitrogens with two attached hydrogens (primary N) is 1. The molecule has 2 rings (SSSR count). The number of hydrogen-bond acceptors (Lipinski definition) is 4. The number of methoxy groups -OCH3 is 1. The Kier molecular flexibility index (Phi) is 4.27. The second kappa shape index (κ2) is 5.84. The molecule has 0 aliphatic carbocycles. The first-order valence-corrected chi connectivity index (χ1v) is 6.34.